The van der Waals surface area contributed by atoms with Crippen molar-refractivity contribution in [2.24, 2.45) is 0 Å². The van der Waals surface area contributed by atoms with Gasteiger partial charge in [0, 0.05) is 25.9 Å². The number of likely N-dealkylation sites (tertiary alicyclic amines) is 1. The highest BCUT2D eigenvalue weighted by atomic mass is 16.5. The molecule has 27 heavy (non-hydrogen) atoms. The molecule has 0 N–H and O–H groups in total. The molecule has 1 saturated carbocycles. The number of rotatable bonds is 5. The zero-order chi connectivity index (χ0) is 18.6. The van der Waals surface area contributed by atoms with Gasteiger partial charge in [-0.05, 0) is 31.4 Å². The number of likely N-dealkylation sites (N-methyl/N-ethyl adjacent to an activating group) is 1. The highest BCUT2D eigenvalue weighted by Crippen LogP contribution is 2.33. The summed E-state index contributed by atoms with van der Waals surface area (Å²) < 4.78 is 8.03. The molecule has 1 atom stereocenters. The van der Waals surface area contributed by atoms with Crippen LogP contribution in [0, 0.1) is 0 Å². The lowest BCUT2D eigenvalue weighted by Crippen LogP contribution is -2.37. The van der Waals surface area contributed by atoms with Crippen LogP contribution >= 0.6 is 0 Å². The van der Waals surface area contributed by atoms with E-state index < -0.39 is 0 Å². The molecule has 1 saturated heterocycles. The third-order valence-electron chi connectivity index (χ3n) is 5.73. The summed E-state index contributed by atoms with van der Waals surface area (Å²) >= 11 is 0. The Balaban J connectivity index is 1.55. The van der Waals surface area contributed by atoms with Gasteiger partial charge in [0.25, 0.3) is 0 Å². The first-order chi connectivity index (χ1) is 13.2. The quantitative estimate of drug-likeness (QED) is 0.807. The summed E-state index contributed by atoms with van der Waals surface area (Å²) in [4.78, 5) is 18.6. The van der Waals surface area contributed by atoms with Gasteiger partial charge in [-0.15, -0.1) is 0 Å². The van der Waals surface area contributed by atoms with Crippen molar-refractivity contribution in [2.45, 2.75) is 63.5 Å². The van der Waals surface area contributed by atoms with Crippen LogP contribution in [0.3, 0.4) is 0 Å². The fourth-order valence-electron chi connectivity index (χ4n) is 4.20. The number of benzene rings is 1. The summed E-state index contributed by atoms with van der Waals surface area (Å²) in [5.74, 6) is 3.08. The first-order valence-electron chi connectivity index (χ1n) is 10.1. The summed E-state index contributed by atoms with van der Waals surface area (Å²) in [6, 6.07) is 10.2. The first kappa shape index (κ1) is 18.0. The molecule has 2 heterocycles. The van der Waals surface area contributed by atoms with E-state index >= 15 is 0 Å². The topological polar surface area (TPSA) is 60.2 Å². The number of aromatic nitrogens is 3. The number of amides is 1. The van der Waals surface area contributed by atoms with Crippen molar-refractivity contribution in [1.29, 1.82) is 0 Å². The van der Waals surface area contributed by atoms with E-state index in [-0.39, 0.29) is 11.8 Å². The molecule has 0 unspecified atom stereocenters. The Morgan fingerprint density at radius 2 is 1.89 bits per heavy atom. The van der Waals surface area contributed by atoms with Gasteiger partial charge in [-0.25, -0.2) is 9.67 Å². The Kier molecular flexibility index (Phi) is 5.41. The molecule has 6 nitrogen and oxygen atoms in total. The van der Waals surface area contributed by atoms with Crippen molar-refractivity contribution in [3.8, 4) is 5.75 Å². The Hall–Kier alpha value is -2.37. The highest BCUT2D eigenvalue weighted by Gasteiger charge is 2.31. The lowest BCUT2D eigenvalue weighted by Gasteiger charge is -2.31. The Morgan fingerprint density at radius 1 is 1.11 bits per heavy atom. The smallest absolute Gasteiger partial charge is 0.222 e. The minimum atomic E-state index is 0.225. The molecule has 1 aromatic carbocycles. The molecule has 0 spiro atoms. The number of hydrogen-bond donors (Lipinski definition) is 0. The number of carbonyl (C=O) groups is 1. The fraction of sp³-hybridized carbons (Fsp3) is 0.571. The Bertz CT molecular complexity index is 768. The maximum absolute atomic E-state index is 11.9. The van der Waals surface area contributed by atoms with E-state index in [1.165, 1.54) is 19.3 Å². The van der Waals surface area contributed by atoms with E-state index in [0.29, 0.717) is 19.1 Å². The van der Waals surface area contributed by atoms with E-state index in [1.807, 2.05) is 42.3 Å². The van der Waals surface area contributed by atoms with Crippen molar-refractivity contribution in [1.82, 2.24) is 19.7 Å². The lowest BCUT2D eigenvalue weighted by molar-refractivity contribution is -0.132. The second-order valence-electron chi connectivity index (χ2n) is 7.73. The molecule has 2 aliphatic rings. The van der Waals surface area contributed by atoms with Crippen LogP contribution in [0.1, 0.15) is 68.6 Å². The summed E-state index contributed by atoms with van der Waals surface area (Å²) in [5.41, 5.74) is 0. The van der Waals surface area contributed by atoms with Gasteiger partial charge < -0.3 is 9.64 Å². The molecule has 1 aromatic heterocycles. The molecule has 4 rings (SSSR count). The average molecular weight is 368 g/mol. The third kappa shape index (κ3) is 4.15. The van der Waals surface area contributed by atoms with E-state index in [2.05, 4.69) is 4.68 Å². The highest BCUT2D eigenvalue weighted by molar-refractivity contribution is 5.76. The van der Waals surface area contributed by atoms with Crippen LogP contribution in [-0.2, 0) is 11.4 Å². The predicted molar refractivity (Wildman–Crippen MR) is 103 cm³/mol. The molecule has 2 fully saturated rings. The number of ether oxygens (including phenoxy) is 1. The Labute approximate surface area is 160 Å². The van der Waals surface area contributed by atoms with Crippen LogP contribution in [0.2, 0.25) is 0 Å². The van der Waals surface area contributed by atoms with Crippen LogP contribution in [0.15, 0.2) is 30.3 Å². The number of hydrogen-bond acceptors (Lipinski definition) is 4. The van der Waals surface area contributed by atoms with Gasteiger partial charge in [0.05, 0.1) is 6.04 Å². The largest absolute Gasteiger partial charge is 0.486 e. The van der Waals surface area contributed by atoms with Gasteiger partial charge in [0.2, 0.25) is 5.91 Å². The second kappa shape index (κ2) is 8.11. The maximum atomic E-state index is 11.9. The SMILES string of the molecule is CN1C[C@H](c2nc(COc3ccccc3)nn2C2CCCCC2)CCC1=O. The first-order valence-corrected chi connectivity index (χ1v) is 10.1. The second-order valence-corrected chi connectivity index (χ2v) is 7.73. The van der Waals surface area contributed by atoms with Crippen molar-refractivity contribution in [3.05, 3.63) is 42.0 Å². The summed E-state index contributed by atoms with van der Waals surface area (Å²) in [7, 11) is 1.88. The fourth-order valence-corrected chi connectivity index (χ4v) is 4.20. The van der Waals surface area contributed by atoms with Gasteiger partial charge in [0.1, 0.15) is 18.2 Å². The van der Waals surface area contributed by atoms with Crippen molar-refractivity contribution >= 4 is 5.91 Å². The van der Waals surface area contributed by atoms with Crippen LogP contribution in [0.25, 0.3) is 0 Å². The number of para-hydroxylation sites is 1. The van der Waals surface area contributed by atoms with E-state index in [0.717, 1.165) is 43.2 Å². The summed E-state index contributed by atoms with van der Waals surface area (Å²) in [6.07, 6.45) is 7.59. The van der Waals surface area contributed by atoms with Crippen molar-refractivity contribution in [3.63, 3.8) is 0 Å². The molecular formula is C21H28N4O2. The summed E-state index contributed by atoms with van der Waals surface area (Å²) in [6.45, 7) is 1.10. The molecule has 6 heteroatoms. The monoisotopic (exact) mass is 368 g/mol. The van der Waals surface area contributed by atoms with Gasteiger partial charge in [-0.3, -0.25) is 4.79 Å². The number of carbonyl (C=O) groups excluding carboxylic acids is 1. The average Bonchev–Trinajstić information content (AvgIpc) is 3.14. The van der Waals surface area contributed by atoms with Crippen LogP contribution < -0.4 is 4.74 Å². The van der Waals surface area contributed by atoms with Crippen molar-refractivity contribution < 1.29 is 9.53 Å². The zero-order valence-electron chi connectivity index (χ0n) is 16.0. The summed E-state index contributed by atoms with van der Waals surface area (Å²) in [5, 5.41) is 4.85. The molecule has 0 radical (unpaired) electrons. The van der Waals surface area contributed by atoms with Gasteiger partial charge in [-0.1, -0.05) is 37.5 Å². The molecule has 0 bridgehead atoms. The number of nitrogens with zero attached hydrogens (tertiary/aromatic N) is 4. The lowest BCUT2D eigenvalue weighted by atomic mass is 9.93. The van der Waals surface area contributed by atoms with E-state index in [1.54, 1.807) is 0 Å². The molecule has 144 valence electrons. The van der Waals surface area contributed by atoms with Gasteiger partial charge in [0.15, 0.2) is 5.82 Å². The minimum absolute atomic E-state index is 0.225. The van der Waals surface area contributed by atoms with Crippen molar-refractivity contribution in [2.75, 3.05) is 13.6 Å². The van der Waals surface area contributed by atoms with E-state index in [4.69, 9.17) is 14.8 Å². The standard InChI is InChI=1S/C21H28N4O2/c1-24-14-16(12-13-20(24)26)21-22-19(15-27-18-10-6-3-7-11-18)23-25(21)17-8-4-2-5-9-17/h3,6-7,10-11,16-17H,2,4-5,8-9,12-15H2,1H3/t16-/m1/s1. The van der Waals surface area contributed by atoms with Crippen LogP contribution in [-0.4, -0.2) is 39.2 Å². The molecule has 1 amide bonds. The van der Waals surface area contributed by atoms with E-state index in [9.17, 15) is 4.79 Å². The Morgan fingerprint density at radius 3 is 2.63 bits per heavy atom. The molecule has 2 aromatic rings. The maximum Gasteiger partial charge on any atom is 0.222 e. The molecule has 1 aliphatic carbocycles. The zero-order valence-corrected chi connectivity index (χ0v) is 16.0. The van der Waals surface area contributed by atoms with Crippen LogP contribution in [0.5, 0.6) is 5.75 Å². The number of piperidine rings is 1. The molecular weight excluding hydrogens is 340 g/mol. The normalized spacial score (nSPS) is 21.4. The van der Waals surface area contributed by atoms with Gasteiger partial charge >= 0.3 is 0 Å². The molecule has 1 aliphatic heterocycles. The van der Waals surface area contributed by atoms with Crippen LogP contribution in [0.4, 0.5) is 0 Å². The van der Waals surface area contributed by atoms with Gasteiger partial charge in [-0.2, -0.15) is 5.10 Å². The minimum Gasteiger partial charge on any atom is -0.486 e. The third-order valence-corrected chi connectivity index (χ3v) is 5.73. The predicted octanol–water partition coefficient (Wildman–Crippen LogP) is 3.70.